The van der Waals surface area contributed by atoms with Crippen molar-refractivity contribution < 1.29 is 9.59 Å². The summed E-state index contributed by atoms with van der Waals surface area (Å²) in [5, 5.41) is 5.87. The van der Waals surface area contributed by atoms with Crippen LogP contribution in [0.25, 0.3) is 11.0 Å². The van der Waals surface area contributed by atoms with Crippen molar-refractivity contribution in [2.75, 3.05) is 5.32 Å². The lowest BCUT2D eigenvalue weighted by molar-refractivity contribution is 0.0922. The Balaban J connectivity index is 1.51. The third-order valence-electron chi connectivity index (χ3n) is 4.96. The van der Waals surface area contributed by atoms with Crippen molar-refractivity contribution in [1.29, 1.82) is 0 Å². The number of carbonyl (C=O) groups is 2. The van der Waals surface area contributed by atoms with Gasteiger partial charge in [0, 0.05) is 23.6 Å². The van der Waals surface area contributed by atoms with Gasteiger partial charge in [0.2, 0.25) is 0 Å². The van der Waals surface area contributed by atoms with E-state index in [9.17, 15) is 9.59 Å². The molecule has 0 radical (unpaired) electrons. The highest BCUT2D eigenvalue weighted by atomic mass is 16.2. The minimum atomic E-state index is -0.284. The molecule has 4 rings (SSSR count). The summed E-state index contributed by atoms with van der Waals surface area (Å²) < 4.78 is 0. The normalized spacial score (nSPS) is 12.0. The molecule has 4 aromatic rings. The average molecular weight is 413 g/mol. The largest absolute Gasteiger partial charge is 0.342 e. The number of rotatable bonds is 6. The van der Waals surface area contributed by atoms with E-state index in [-0.39, 0.29) is 23.8 Å². The Hall–Kier alpha value is -4.00. The molecule has 0 spiro atoms. The van der Waals surface area contributed by atoms with Crippen molar-refractivity contribution in [3.8, 4) is 0 Å². The molecular weight excluding hydrogens is 390 g/mol. The number of fused-ring (bicyclic) bond motifs is 1. The van der Waals surface area contributed by atoms with Gasteiger partial charge in [0.25, 0.3) is 11.8 Å². The summed E-state index contributed by atoms with van der Waals surface area (Å²) in [5.74, 6) is 0.313. The molecule has 1 unspecified atom stereocenters. The number of amides is 2. The molecule has 0 fully saturated rings. The first-order valence-electron chi connectivity index (χ1n) is 10.1. The molecule has 7 nitrogen and oxygen atoms in total. The molecule has 2 heterocycles. The molecule has 2 aromatic heterocycles. The van der Waals surface area contributed by atoms with Crippen LogP contribution in [0.5, 0.6) is 0 Å². The highest BCUT2D eigenvalue weighted by molar-refractivity contribution is 6.05. The van der Waals surface area contributed by atoms with Crippen LogP contribution in [0, 0.1) is 5.92 Å². The van der Waals surface area contributed by atoms with E-state index >= 15 is 0 Å². The van der Waals surface area contributed by atoms with Gasteiger partial charge in [-0.05, 0) is 48.4 Å². The minimum absolute atomic E-state index is 0.123. The third-order valence-corrected chi connectivity index (χ3v) is 4.96. The average Bonchev–Trinajstić information content (AvgIpc) is 3.21. The van der Waals surface area contributed by atoms with Crippen molar-refractivity contribution in [2.45, 2.75) is 19.9 Å². The van der Waals surface area contributed by atoms with Gasteiger partial charge in [0.05, 0.1) is 22.6 Å². The molecule has 3 N–H and O–H groups in total. The van der Waals surface area contributed by atoms with Gasteiger partial charge < -0.3 is 15.6 Å². The monoisotopic (exact) mass is 413 g/mol. The van der Waals surface area contributed by atoms with E-state index in [4.69, 9.17) is 0 Å². The van der Waals surface area contributed by atoms with Crippen molar-refractivity contribution in [1.82, 2.24) is 20.3 Å². The second-order valence-electron chi connectivity index (χ2n) is 7.61. The van der Waals surface area contributed by atoms with E-state index in [1.165, 1.54) is 6.20 Å². The fraction of sp³-hybridized carbons (Fsp3) is 0.167. The number of aromatic amines is 1. The van der Waals surface area contributed by atoms with Gasteiger partial charge in [-0.2, -0.15) is 0 Å². The quantitative estimate of drug-likeness (QED) is 0.438. The molecule has 156 valence electrons. The Bertz CT molecular complexity index is 1180. The second-order valence-corrected chi connectivity index (χ2v) is 7.61. The lowest BCUT2D eigenvalue weighted by atomic mass is 10.0. The second kappa shape index (κ2) is 8.79. The molecule has 0 saturated carbocycles. The van der Waals surface area contributed by atoms with Crippen LogP contribution in [0.1, 0.15) is 46.4 Å². The summed E-state index contributed by atoms with van der Waals surface area (Å²) in [7, 11) is 0. The smallest absolute Gasteiger partial charge is 0.257 e. The number of carbonyl (C=O) groups excluding carboxylic acids is 2. The van der Waals surface area contributed by atoms with E-state index in [1.54, 1.807) is 42.6 Å². The van der Waals surface area contributed by atoms with Gasteiger partial charge in [-0.15, -0.1) is 0 Å². The molecule has 0 aliphatic rings. The lowest BCUT2D eigenvalue weighted by Crippen LogP contribution is -2.32. The van der Waals surface area contributed by atoms with E-state index in [0.717, 1.165) is 11.0 Å². The highest BCUT2D eigenvalue weighted by Gasteiger charge is 2.22. The molecule has 0 bridgehead atoms. The van der Waals surface area contributed by atoms with Crippen LogP contribution < -0.4 is 10.6 Å². The van der Waals surface area contributed by atoms with Crippen LogP contribution in [0.4, 0.5) is 5.69 Å². The summed E-state index contributed by atoms with van der Waals surface area (Å²) in [4.78, 5) is 37.2. The van der Waals surface area contributed by atoms with Gasteiger partial charge in [-0.1, -0.05) is 32.0 Å². The van der Waals surface area contributed by atoms with Gasteiger partial charge in [-0.3, -0.25) is 14.6 Å². The minimum Gasteiger partial charge on any atom is -0.342 e. The number of anilines is 1. The maximum Gasteiger partial charge on any atom is 0.257 e. The van der Waals surface area contributed by atoms with Gasteiger partial charge in [-0.25, -0.2) is 4.98 Å². The summed E-state index contributed by atoms with van der Waals surface area (Å²) in [6.45, 7) is 4.06. The zero-order valence-corrected chi connectivity index (χ0v) is 17.3. The van der Waals surface area contributed by atoms with Gasteiger partial charge in [0.15, 0.2) is 0 Å². The lowest BCUT2D eigenvalue weighted by Gasteiger charge is -2.20. The first-order valence-corrected chi connectivity index (χ1v) is 10.1. The number of hydrogen-bond acceptors (Lipinski definition) is 4. The standard InChI is InChI=1S/C24H23N5O2/c1-15(2)21(22-27-19-10-3-4-11-20(19)28-22)29-23(30)16-7-5-9-18(13-16)26-24(31)17-8-6-12-25-14-17/h3-15,21H,1-2H3,(H,26,31)(H,27,28)(H,29,30). The topological polar surface area (TPSA) is 99.8 Å². The van der Waals surface area contributed by atoms with Crippen molar-refractivity contribution in [3.05, 3.63) is 90.0 Å². The Kier molecular flexibility index (Phi) is 5.75. The fourth-order valence-corrected chi connectivity index (χ4v) is 3.33. The number of pyridine rings is 1. The SMILES string of the molecule is CC(C)C(NC(=O)c1cccc(NC(=O)c2cccnc2)c1)c1nc2ccccc2[nH]1. The van der Waals surface area contributed by atoms with Gasteiger partial charge in [0.1, 0.15) is 5.82 Å². The maximum atomic E-state index is 13.0. The van der Waals surface area contributed by atoms with Crippen molar-refractivity contribution in [2.24, 2.45) is 5.92 Å². The van der Waals surface area contributed by atoms with E-state index in [2.05, 4.69) is 25.6 Å². The third kappa shape index (κ3) is 4.61. The number of hydrogen-bond donors (Lipinski definition) is 3. The first kappa shape index (κ1) is 20.3. The van der Waals surface area contributed by atoms with Crippen LogP contribution in [0.3, 0.4) is 0 Å². The Labute approximate surface area is 179 Å². The maximum absolute atomic E-state index is 13.0. The molecular formula is C24H23N5O2. The van der Waals surface area contributed by atoms with Crippen LogP contribution in [-0.2, 0) is 0 Å². The van der Waals surface area contributed by atoms with E-state index in [0.29, 0.717) is 22.6 Å². The number of imidazole rings is 1. The fourth-order valence-electron chi connectivity index (χ4n) is 3.33. The molecule has 2 amide bonds. The molecule has 0 aliphatic carbocycles. The molecule has 1 atom stereocenters. The van der Waals surface area contributed by atoms with Crippen LogP contribution >= 0.6 is 0 Å². The Morgan fingerprint density at radius 3 is 2.48 bits per heavy atom. The molecule has 2 aromatic carbocycles. The van der Waals surface area contributed by atoms with Crippen LogP contribution in [0.2, 0.25) is 0 Å². The predicted molar refractivity (Wildman–Crippen MR) is 120 cm³/mol. The summed E-state index contributed by atoms with van der Waals surface area (Å²) >= 11 is 0. The highest BCUT2D eigenvalue weighted by Crippen LogP contribution is 2.23. The number of aromatic nitrogens is 3. The van der Waals surface area contributed by atoms with Crippen molar-refractivity contribution in [3.63, 3.8) is 0 Å². The molecule has 0 aliphatic heterocycles. The zero-order chi connectivity index (χ0) is 21.8. The summed E-state index contributed by atoms with van der Waals surface area (Å²) in [6.07, 6.45) is 3.10. The number of benzene rings is 2. The Morgan fingerprint density at radius 2 is 1.74 bits per heavy atom. The molecule has 0 saturated heterocycles. The summed E-state index contributed by atoms with van der Waals surface area (Å²) in [5.41, 5.74) is 3.22. The zero-order valence-electron chi connectivity index (χ0n) is 17.3. The summed E-state index contributed by atoms with van der Waals surface area (Å²) in [6, 6.07) is 17.7. The van der Waals surface area contributed by atoms with Crippen LogP contribution in [0.15, 0.2) is 73.1 Å². The number of H-pyrrole nitrogens is 1. The molecule has 7 heteroatoms. The van der Waals surface area contributed by atoms with Crippen LogP contribution in [-0.4, -0.2) is 26.8 Å². The van der Waals surface area contributed by atoms with E-state index in [1.807, 2.05) is 38.1 Å². The number of nitrogens with zero attached hydrogens (tertiary/aromatic N) is 2. The Morgan fingerprint density at radius 1 is 0.935 bits per heavy atom. The number of para-hydroxylation sites is 2. The predicted octanol–water partition coefficient (Wildman–Crippen LogP) is 4.34. The number of nitrogens with one attached hydrogen (secondary N) is 3. The first-order chi connectivity index (χ1) is 15.0. The van der Waals surface area contributed by atoms with E-state index < -0.39 is 0 Å². The van der Waals surface area contributed by atoms with Crippen molar-refractivity contribution >= 4 is 28.5 Å². The van der Waals surface area contributed by atoms with Gasteiger partial charge >= 0.3 is 0 Å². The molecule has 31 heavy (non-hydrogen) atoms.